The van der Waals surface area contributed by atoms with Gasteiger partial charge in [0.2, 0.25) is 0 Å². The lowest BCUT2D eigenvalue weighted by molar-refractivity contribution is -0.140. The fraction of sp³-hybridized carbons (Fsp3) is 0.320. The number of nitrogens with one attached hydrogen (secondary N) is 1. The molecule has 0 aliphatic carbocycles. The Labute approximate surface area is 232 Å². The fourth-order valence-corrected chi connectivity index (χ4v) is 5.43. The van der Waals surface area contributed by atoms with E-state index in [1.807, 2.05) is 5.32 Å². The average molecular weight is 640 g/mol. The van der Waals surface area contributed by atoms with E-state index < -0.39 is 85.8 Å². The van der Waals surface area contributed by atoms with E-state index in [4.69, 9.17) is 11.6 Å². The van der Waals surface area contributed by atoms with E-state index in [1.165, 1.54) is 12.1 Å². The summed E-state index contributed by atoms with van der Waals surface area (Å²) in [6.07, 6.45) is -14.3. The van der Waals surface area contributed by atoms with Gasteiger partial charge in [-0.3, -0.25) is 4.79 Å². The molecule has 2 aromatic carbocycles. The number of amides is 1. The Kier molecular flexibility index (Phi) is 10.3. The van der Waals surface area contributed by atoms with Gasteiger partial charge in [0.15, 0.2) is 9.84 Å². The van der Waals surface area contributed by atoms with Crippen LogP contribution < -0.4 is 5.32 Å². The van der Waals surface area contributed by atoms with Gasteiger partial charge in [0.25, 0.3) is 5.91 Å². The van der Waals surface area contributed by atoms with Crippen LogP contribution in [-0.2, 0) is 16.0 Å². The summed E-state index contributed by atoms with van der Waals surface area (Å²) in [4.78, 5) is 12.5. The highest BCUT2D eigenvalue weighted by Crippen LogP contribution is 2.40. The van der Waals surface area contributed by atoms with Gasteiger partial charge in [0.05, 0.1) is 16.9 Å². The van der Waals surface area contributed by atoms with Crippen molar-refractivity contribution in [2.45, 2.75) is 37.4 Å². The van der Waals surface area contributed by atoms with Crippen LogP contribution in [0.1, 0.15) is 45.5 Å². The molecule has 1 amide bonds. The number of alkyl halides is 9. The number of hydrogen-bond acceptors (Lipinski definition) is 3. The molecule has 0 fully saturated rings. The van der Waals surface area contributed by atoms with Gasteiger partial charge in [-0.2, -0.15) is 39.5 Å². The van der Waals surface area contributed by atoms with Crippen molar-refractivity contribution in [1.82, 2.24) is 5.32 Å². The van der Waals surface area contributed by atoms with Crippen LogP contribution in [0.3, 0.4) is 0 Å². The molecule has 1 N–H and O–H groups in total. The molecule has 0 aromatic heterocycles. The normalized spacial score (nSPS) is 14.9. The Balaban J connectivity index is 2.46. The van der Waals surface area contributed by atoms with Gasteiger partial charge in [-0.15, -0.1) is 0 Å². The second-order valence-electron chi connectivity index (χ2n) is 8.86. The molecule has 0 bridgehead atoms. The molecule has 41 heavy (non-hydrogen) atoms. The fourth-order valence-electron chi connectivity index (χ4n) is 3.71. The Morgan fingerprint density at radius 1 is 1.02 bits per heavy atom. The maximum Gasteiger partial charge on any atom is 0.417 e. The molecule has 16 heteroatoms. The first-order chi connectivity index (χ1) is 18.5. The third-order valence-electron chi connectivity index (χ3n) is 5.31. The minimum absolute atomic E-state index is 0.0291. The summed E-state index contributed by atoms with van der Waals surface area (Å²) < 4.78 is 158. The van der Waals surface area contributed by atoms with Gasteiger partial charge in [0.1, 0.15) is 17.5 Å². The number of benzene rings is 2. The van der Waals surface area contributed by atoms with E-state index in [2.05, 4.69) is 6.58 Å². The standard InChI is InChI=1S/C25H20ClF10NO3S/c1-3-14-6-16(8-17(26)7-14)19(24(31,32)33)10-21(27)15-4-5-18(20(9-15)25(34,35)36)22(38)37-13(2)11-41(39,40)12-23(28,29)30/h3-10,13,19H,1,11-12H2,2H3,(H,37,38)/b21-10-/t13-,19-/m1/s1. The summed E-state index contributed by atoms with van der Waals surface area (Å²) in [5, 5.41) is 1.68. The molecule has 0 radical (unpaired) electrons. The molecule has 2 aromatic rings. The largest absolute Gasteiger partial charge is 0.417 e. The van der Waals surface area contributed by atoms with Gasteiger partial charge in [-0.05, 0) is 48.4 Å². The van der Waals surface area contributed by atoms with Crippen LogP contribution in [0.5, 0.6) is 0 Å². The first kappa shape index (κ1) is 34.1. The van der Waals surface area contributed by atoms with Crippen LogP contribution in [0.4, 0.5) is 43.9 Å². The lowest BCUT2D eigenvalue weighted by Gasteiger charge is -2.20. The maximum absolute atomic E-state index is 15.0. The monoisotopic (exact) mass is 639 g/mol. The number of halogens is 11. The quantitative estimate of drug-likeness (QED) is 0.286. The van der Waals surface area contributed by atoms with Gasteiger partial charge >= 0.3 is 18.5 Å². The summed E-state index contributed by atoms with van der Waals surface area (Å²) in [6, 6.07) is 2.70. The van der Waals surface area contributed by atoms with E-state index in [9.17, 15) is 57.1 Å². The summed E-state index contributed by atoms with van der Waals surface area (Å²) in [5.74, 6) is -9.41. The van der Waals surface area contributed by atoms with Crippen molar-refractivity contribution in [2.75, 3.05) is 11.5 Å². The Bertz CT molecular complexity index is 1430. The predicted octanol–water partition coefficient (Wildman–Crippen LogP) is 7.75. The molecule has 0 aliphatic heterocycles. The molecule has 0 saturated heterocycles. The Morgan fingerprint density at radius 2 is 1.63 bits per heavy atom. The van der Waals surface area contributed by atoms with Crippen molar-refractivity contribution in [3.05, 3.63) is 81.9 Å². The van der Waals surface area contributed by atoms with Crippen molar-refractivity contribution in [1.29, 1.82) is 0 Å². The SMILES string of the molecule is C=Cc1cc(Cl)cc([C@@H](/C=C(\F)c2ccc(C(=O)N[C@H](C)CS(=O)(=O)CC(F)(F)F)c(C(F)(F)F)c2)C(F)(F)F)c1. The van der Waals surface area contributed by atoms with Gasteiger partial charge in [0, 0.05) is 16.6 Å². The molecular weight excluding hydrogens is 620 g/mol. The first-order valence-electron chi connectivity index (χ1n) is 11.2. The first-order valence-corrected chi connectivity index (χ1v) is 13.4. The lowest BCUT2D eigenvalue weighted by atomic mass is 9.94. The molecule has 0 saturated carbocycles. The summed E-state index contributed by atoms with van der Waals surface area (Å²) >= 11 is 5.82. The number of hydrogen-bond donors (Lipinski definition) is 1. The van der Waals surface area contributed by atoms with Crippen molar-refractivity contribution < 1.29 is 57.1 Å². The molecule has 4 nitrogen and oxygen atoms in total. The smallest absolute Gasteiger partial charge is 0.349 e. The van der Waals surface area contributed by atoms with Crippen LogP contribution in [0.25, 0.3) is 11.9 Å². The highest BCUT2D eigenvalue weighted by molar-refractivity contribution is 7.91. The van der Waals surface area contributed by atoms with Crippen molar-refractivity contribution >= 4 is 39.2 Å². The molecule has 0 unspecified atom stereocenters. The van der Waals surface area contributed by atoms with E-state index >= 15 is 0 Å². The molecule has 0 aliphatic rings. The summed E-state index contributed by atoms with van der Waals surface area (Å²) in [7, 11) is -4.80. The minimum atomic E-state index is -5.34. The zero-order valence-electron chi connectivity index (χ0n) is 20.7. The van der Waals surface area contributed by atoms with Gasteiger partial charge in [-0.1, -0.05) is 36.4 Å². The highest BCUT2D eigenvalue weighted by Gasteiger charge is 2.41. The minimum Gasteiger partial charge on any atom is -0.349 e. The number of allylic oxidation sites excluding steroid dienone is 1. The van der Waals surface area contributed by atoms with Gasteiger partial charge < -0.3 is 5.32 Å². The van der Waals surface area contributed by atoms with Crippen molar-refractivity contribution in [3.63, 3.8) is 0 Å². The molecule has 2 atom stereocenters. The Hall–Kier alpha value is -3.07. The third-order valence-corrected chi connectivity index (χ3v) is 7.31. The predicted molar refractivity (Wildman–Crippen MR) is 133 cm³/mol. The molecule has 0 heterocycles. The second kappa shape index (κ2) is 12.4. The van der Waals surface area contributed by atoms with Gasteiger partial charge in [-0.25, -0.2) is 12.8 Å². The number of carbonyl (C=O) groups excluding carboxylic acids is 1. The zero-order valence-corrected chi connectivity index (χ0v) is 22.3. The maximum atomic E-state index is 15.0. The third kappa shape index (κ3) is 10.1. The van der Waals surface area contributed by atoms with Crippen LogP contribution in [0.2, 0.25) is 5.02 Å². The van der Waals surface area contributed by atoms with E-state index in [-0.39, 0.29) is 22.7 Å². The second-order valence-corrected chi connectivity index (χ2v) is 11.4. The number of rotatable bonds is 9. The summed E-state index contributed by atoms with van der Waals surface area (Å²) in [6.45, 7) is 4.34. The number of carbonyl (C=O) groups is 1. The van der Waals surface area contributed by atoms with E-state index in [0.29, 0.717) is 12.1 Å². The molecular formula is C25H20ClF10NO3S. The van der Waals surface area contributed by atoms with Crippen molar-refractivity contribution in [2.24, 2.45) is 0 Å². The van der Waals surface area contributed by atoms with Crippen LogP contribution >= 0.6 is 11.6 Å². The lowest BCUT2D eigenvalue weighted by Crippen LogP contribution is -2.40. The van der Waals surface area contributed by atoms with Crippen LogP contribution in [-0.4, -0.2) is 44.2 Å². The van der Waals surface area contributed by atoms with Crippen LogP contribution in [0.15, 0.2) is 49.1 Å². The Morgan fingerprint density at radius 3 is 2.15 bits per heavy atom. The average Bonchev–Trinajstić information content (AvgIpc) is 2.77. The topological polar surface area (TPSA) is 63.2 Å². The number of sulfone groups is 1. The highest BCUT2D eigenvalue weighted by atomic mass is 35.5. The molecule has 226 valence electrons. The van der Waals surface area contributed by atoms with Crippen LogP contribution in [0, 0.1) is 0 Å². The van der Waals surface area contributed by atoms with E-state index in [1.54, 1.807) is 0 Å². The van der Waals surface area contributed by atoms with Crippen molar-refractivity contribution in [3.8, 4) is 0 Å². The molecule has 2 rings (SSSR count). The van der Waals surface area contributed by atoms with E-state index in [0.717, 1.165) is 19.1 Å². The zero-order chi connectivity index (χ0) is 31.6. The molecule has 0 spiro atoms. The summed E-state index contributed by atoms with van der Waals surface area (Å²) in [5.41, 5.74) is -4.31.